The maximum Gasteiger partial charge on any atom is 0.218 e. The Balaban J connectivity index is 0. The topological polar surface area (TPSA) is 71.4 Å². The summed E-state index contributed by atoms with van der Waals surface area (Å²) in [4.78, 5) is 0. The summed E-state index contributed by atoms with van der Waals surface area (Å²) >= 11 is 0. The number of hydrogen-bond acceptors (Lipinski definition) is 3. The standard InChI is InChI=1S/C4HN3.C4H11S/c5-1-4(2-6)3-7;1-4-5(2)3/h4H;4H2,1-3H3/q;+1. The Kier molecular flexibility index (Phi) is 11.0. The van der Waals surface area contributed by atoms with Crippen LogP contribution in [-0.4, -0.2) is 18.3 Å². The average Bonchev–Trinajstić information content (AvgIpc) is 2.09. The van der Waals surface area contributed by atoms with Crippen LogP contribution in [0.3, 0.4) is 0 Å². The summed E-state index contributed by atoms with van der Waals surface area (Å²) < 4.78 is 0. The van der Waals surface area contributed by atoms with Gasteiger partial charge in [-0.05, 0) is 17.8 Å². The van der Waals surface area contributed by atoms with Crippen LogP contribution >= 0.6 is 0 Å². The first-order valence-corrected chi connectivity index (χ1v) is 5.56. The molecule has 3 nitrogen and oxygen atoms in total. The van der Waals surface area contributed by atoms with Crippen LogP contribution in [0.1, 0.15) is 6.92 Å². The van der Waals surface area contributed by atoms with Gasteiger partial charge in [-0.1, -0.05) is 0 Å². The molecule has 0 aliphatic heterocycles. The molecule has 0 aromatic heterocycles. The number of nitriles is 3. The van der Waals surface area contributed by atoms with Crippen molar-refractivity contribution in [3.63, 3.8) is 0 Å². The van der Waals surface area contributed by atoms with Crippen LogP contribution in [0.25, 0.3) is 0 Å². The Bertz CT molecular complexity index is 183. The second-order valence-electron chi connectivity index (χ2n) is 2.09. The van der Waals surface area contributed by atoms with Crippen LogP contribution in [0.2, 0.25) is 0 Å². The van der Waals surface area contributed by atoms with Gasteiger partial charge in [0.25, 0.3) is 0 Å². The van der Waals surface area contributed by atoms with Crippen LogP contribution < -0.4 is 0 Å². The van der Waals surface area contributed by atoms with E-state index in [1.165, 1.54) is 24.0 Å². The third kappa shape index (κ3) is 11.6. The lowest BCUT2D eigenvalue weighted by atomic mass is 10.2. The fourth-order valence-corrected chi connectivity index (χ4v) is 0.0866. The molecule has 0 atom stereocenters. The zero-order valence-electron chi connectivity index (χ0n) is 7.53. The maximum atomic E-state index is 7.83. The Morgan fingerprint density at radius 2 is 1.33 bits per heavy atom. The predicted octanol–water partition coefficient (Wildman–Crippen LogP) is 1.06. The van der Waals surface area contributed by atoms with Crippen molar-refractivity contribution in [2.75, 3.05) is 18.3 Å². The summed E-state index contributed by atoms with van der Waals surface area (Å²) in [5, 5.41) is 23.5. The number of rotatable bonds is 1. The van der Waals surface area contributed by atoms with Crippen LogP contribution in [0, 0.1) is 39.9 Å². The van der Waals surface area contributed by atoms with Crippen molar-refractivity contribution >= 4 is 10.9 Å². The SMILES string of the molecule is CC[S+](C)C.N#CC(C#N)C#N. The highest BCUT2D eigenvalue weighted by molar-refractivity contribution is 7.95. The molecule has 0 bridgehead atoms. The van der Waals surface area contributed by atoms with Gasteiger partial charge < -0.3 is 0 Å². The molecule has 0 radical (unpaired) electrons. The van der Waals surface area contributed by atoms with Crippen molar-refractivity contribution in [3.8, 4) is 18.2 Å². The molecule has 64 valence electrons. The molecule has 0 unspecified atom stereocenters. The molecule has 0 aromatic rings. The summed E-state index contributed by atoms with van der Waals surface area (Å²) in [5.74, 6) is 0.236. The summed E-state index contributed by atoms with van der Waals surface area (Å²) in [6.45, 7) is 2.21. The maximum absolute atomic E-state index is 7.83. The van der Waals surface area contributed by atoms with Gasteiger partial charge in [0.1, 0.15) is 5.75 Å². The molecular formula is C8H12N3S+. The van der Waals surface area contributed by atoms with Gasteiger partial charge in [0.15, 0.2) is 0 Å². The first kappa shape index (κ1) is 13.4. The molecule has 0 saturated carbocycles. The second kappa shape index (κ2) is 9.82. The summed E-state index contributed by atoms with van der Waals surface area (Å²) in [5.41, 5.74) is 0. The van der Waals surface area contributed by atoms with Gasteiger partial charge in [-0.2, -0.15) is 15.8 Å². The Morgan fingerprint density at radius 3 is 1.33 bits per heavy atom. The molecule has 0 heterocycles. The molecule has 0 rings (SSSR count). The van der Waals surface area contributed by atoms with Gasteiger partial charge >= 0.3 is 0 Å². The molecule has 0 aliphatic rings. The molecular weight excluding hydrogens is 170 g/mol. The van der Waals surface area contributed by atoms with E-state index < -0.39 is 5.92 Å². The monoisotopic (exact) mass is 182 g/mol. The summed E-state index contributed by atoms with van der Waals surface area (Å²) in [6, 6.07) is 4.44. The molecule has 0 aromatic carbocycles. The van der Waals surface area contributed by atoms with E-state index in [-0.39, 0.29) is 0 Å². The largest absolute Gasteiger partial charge is 0.218 e. The van der Waals surface area contributed by atoms with E-state index in [2.05, 4.69) is 19.4 Å². The van der Waals surface area contributed by atoms with E-state index in [1.807, 2.05) is 0 Å². The van der Waals surface area contributed by atoms with Gasteiger partial charge in [-0.15, -0.1) is 0 Å². The predicted molar refractivity (Wildman–Crippen MR) is 50.1 cm³/mol. The van der Waals surface area contributed by atoms with Crippen LogP contribution in [0.5, 0.6) is 0 Å². The molecule has 0 amide bonds. The van der Waals surface area contributed by atoms with Gasteiger partial charge in [0.05, 0.1) is 30.7 Å². The minimum atomic E-state index is -1.10. The quantitative estimate of drug-likeness (QED) is 0.569. The van der Waals surface area contributed by atoms with Crippen molar-refractivity contribution in [2.45, 2.75) is 6.92 Å². The van der Waals surface area contributed by atoms with E-state index >= 15 is 0 Å². The zero-order chi connectivity index (χ0) is 9.98. The van der Waals surface area contributed by atoms with Crippen molar-refractivity contribution in [3.05, 3.63) is 0 Å². The third-order valence-corrected chi connectivity index (χ3v) is 2.12. The average molecular weight is 182 g/mol. The summed E-state index contributed by atoms with van der Waals surface area (Å²) in [6.07, 6.45) is 4.50. The molecule has 0 N–H and O–H groups in total. The van der Waals surface area contributed by atoms with Crippen LogP contribution in [0.15, 0.2) is 0 Å². The normalized spacial score (nSPS) is 7.50. The zero-order valence-corrected chi connectivity index (χ0v) is 8.35. The lowest BCUT2D eigenvalue weighted by Gasteiger charge is -1.81. The lowest BCUT2D eigenvalue weighted by Crippen LogP contribution is -1.94. The summed E-state index contributed by atoms with van der Waals surface area (Å²) in [7, 11) is 0.677. The third-order valence-electron chi connectivity index (χ3n) is 0.965. The fourth-order valence-electron chi connectivity index (χ4n) is 0.0866. The van der Waals surface area contributed by atoms with Crippen LogP contribution in [0.4, 0.5) is 0 Å². The van der Waals surface area contributed by atoms with Gasteiger partial charge in [-0.25, -0.2) is 0 Å². The Labute approximate surface area is 76.6 Å². The molecule has 0 aliphatic carbocycles. The Hall–Kier alpha value is -1.18. The Morgan fingerprint density at radius 1 is 1.08 bits per heavy atom. The van der Waals surface area contributed by atoms with E-state index in [4.69, 9.17) is 15.8 Å². The highest BCUT2D eigenvalue weighted by Gasteiger charge is 1.97. The fraction of sp³-hybridized carbons (Fsp3) is 0.625. The number of hydrogen-bond donors (Lipinski definition) is 0. The molecule has 0 spiro atoms. The highest BCUT2D eigenvalue weighted by Crippen LogP contribution is 1.83. The van der Waals surface area contributed by atoms with Gasteiger partial charge in [0, 0.05) is 0 Å². The highest BCUT2D eigenvalue weighted by atomic mass is 32.2. The smallest absolute Gasteiger partial charge is 0.196 e. The lowest BCUT2D eigenvalue weighted by molar-refractivity contribution is 1.10. The van der Waals surface area contributed by atoms with E-state index in [0.29, 0.717) is 10.9 Å². The number of nitrogens with zero attached hydrogens (tertiary/aromatic N) is 3. The van der Waals surface area contributed by atoms with E-state index in [0.717, 1.165) is 0 Å². The van der Waals surface area contributed by atoms with Crippen LogP contribution in [-0.2, 0) is 10.9 Å². The van der Waals surface area contributed by atoms with E-state index in [1.54, 1.807) is 0 Å². The van der Waals surface area contributed by atoms with E-state index in [9.17, 15) is 0 Å². The molecule has 0 saturated heterocycles. The molecule has 4 heteroatoms. The van der Waals surface area contributed by atoms with Gasteiger partial charge in [0.2, 0.25) is 5.92 Å². The van der Waals surface area contributed by atoms with Crippen molar-refractivity contribution < 1.29 is 0 Å². The minimum Gasteiger partial charge on any atom is -0.196 e. The molecule has 0 fully saturated rings. The second-order valence-corrected chi connectivity index (χ2v) is 4.64. The van der Waals surface area contributed by atoms with Crippen molar-refractivity contribution in [1.82, 2.24) is 0 Å². The first-order valence-electron chi connectivity index (χ1n) is 3.35. The molecule has 12 heavy (non-hydrogen) atoms. The minimum absolute atomic E-state index is 0.677. The first-order chi connectivity index (χ1) is 5.62. The van der Waals surface area contributed by atoms with Crippen molar-refractivity contribution in [2.24, 2.45) is 5.92 Å². The van der Waals surface area contributed by atoms with Crippen molar-refractivity contribution in [1.29, 1.82) is 15.8 Å². The van der Waals surface area contributed by atoms with Gasteiger partial charge in [-0.3, -0.25) is 0 Å².